The third kappa shape index (κ3) is 7.25. The van der Waals surface area contributed by atoms with Crippen LogP contribution in [-0.4, -0.2) is 47.7 Å². The number of nitrogens with zero attached hydrogens (tertiary/aromatic N) is 2. The number of carbonyl (C=O) groups is 1. The number of pyridine rings is 1. The predicted octanol–water partition coefficient (Wildman–Crippen LogP) is 6.61. The molecule has 2 aromatic carbocycles. The van der Waals surface area contributed by atoms with Crippen molar-refractivity contribution in [2.45, 2.75) is 51.1 Å². The normalized spacial score (nSPS) is 19.1. The van der Waals surface area contributed by atoms with Gasteiger partial charge >= 0.3 is 5.97 Å². The molecule has 0 unspecified atom stereocenters. The number of benzene rings is 2. The van der Waals surface area contributed by atoms with E-state index in [0.29, 0.717) is 37.0 Å². The first-order valence-corrected chi connectivity index (χ1v) is 13.2. The Bertz CT molecular complexity index is 1190. The molecule has 2 heterocycles. The summed E-state index contributed by atoms with van der Waals surface area (Å²) in [6, 6.07) is 14.1. The minimum absolute atomic E-state index is 0.123. The molecule has 4 rings (SSSR count). The van der Waals surface area contributed by atoms with Crippen LogP contribution in [0.4, 0.5) is 8.78 Å². The first-order chi connectivity index (χ1) is 17.9. The Kier molecular flexibility index (Phi) is 9.45. The molecule has 3 aromatic rings. The fourth-order valence-electron chi connectivity index (χ4n) is 5.63. The van der Waals surface area contributed by atoms with Crippen LogP contribution in [0.25, 0.3) is 10.9 Å². The summed E-state index contributed by atoms with van der Waals surface area (Å²) in [5.41, 5.74) is 2.09. The number of methoxy groups -OCH3 is 1. The van der Waals surface area contributed by atoms with Gasteiger partial charge in [0.05, 0.1) is 12.6 Å². The topological polar surface area (TPSA) is 62.7 Å². The highest BCUT2D eigenvalue weighted by Crippen LogP contribution is 2.36. The molecule has 0 saturated carbocycles. The number of carboxylic acid groups (broad SMARTS) is 1. The van der Waals surface area contributed by atoms with Gasteiger partial charge in [-0.25, -0.2) is 8.78 Å². The number of carboxylic acids is 1. The Labute approximate surface area is 217 Å². The van der Waals surface area contributed by atoms with Gasteiger partial charge in [-0.1, -0.05) is 18.2 Å². The van der Waals surface area contributed by atoms with Gasteiger partial charge in [0.1, 0.15) is 17.7 Å². The molecule has 1 N–H and O–H groups in total. The van der Waals surface area contributed by atoms with Crippen LogP contribution in [0.3, 0.4) is 0 Å². The van der Waals surface area contributed by atoms with E-state index < -0.39 is 12.1 Å². The van der Waals surface area contributed by atoms with E-state index in [1.807, 2.05) is 30.3 Å². The maximum atomic E-state index is 15.5. The van der Waals surface area contributed by atoms with Crippen molar-refractivity contribution in [3.63, 3.8) is 0 Å². The average Bonchev–Trinajstić information content (AvgIpc) is 2.91. The van der Waals surface area contributed by atoms with Crippen molar-refractivity contribution in [2.75, 3.05) is 26.7 Å². The summed E-state index contributed by atoms with van der Waals surface area (Å²) in [7, 11) is 1.59. The van der Waals surface area contributed by atoms with Crippen LogP contribution < -0.4 is 4.74 Å². The molecule has 7 heteroatoms. The van der Waals surface area contributed by atoms with E-state index >= 15 is 4.39 Å². The SMILES string of the molecule is COc1ccc2nccc([C@H](F)CC[C@@H]3CCN(CCCc4ccccc4F)C[C@H]3CCC(=O)O)c2c1. The van der Waals surface area contributed by atoms with Gasteiger partial charge in [-0.3, -0.25) is 9.78 Å². The second-order valence-corrected chi connectivity index (χ2v) is 10.1. The van der Waals surface area contributed by atoms with E-state index in [1.54, 1.807) is 25.4 Å². The Morgan fingerprint density at radius 1 is 1.19 bits per heavy atom. The van der Waals surface area contributed by atoms with Gasteiger partial charge < -0.3 is 14.7 Å². The Morgan fingerprint density at radius 3 is 2.81 bits per heavy atom. The van der Waals surface area contributed by atoms with Crippen LogP contribution in [0.5, 0.6) is 5.75 Å². The molecule has 0 spiro atoms. The lowest BCUT2D eigenvalue weighted by molar-refractivity contribution is -0.137. The molecule has 1 saturated heterocycles. The predicted molar refractivity (Wildman–Crippen MR) is 141 cm³/mol. The summed E-state index contributed by atoms with van der Waals surface area (Å²) in [4.78, 5) is 18.0. The highest BCUT2D eigenvalue weighted by atomic mass is 19.1. The molecule has 5 nitrogen and oxygen atoms in total. The zero-order valence-corrected chi connectivity index (χ0v) is 21.4. The number of rotatable bonds is 12. The van der Waals surface area contributed by atoms with E-state index in [9.17, 15) is 14.3 Å². The lowest BCUT2D eigenvalue weighted by Crippen LogP contribution is -2.41. The van der Waals surface area contributed by atoms with Crippen LogP contribution in [0.15, 0.2) is 54.7 Å². The Balaban J connectivity index is 1.35. The first kappa shape index (κ1) is 27.0. The average molecular weight is 511 g/mol. The van der Waals surface area contributed by atoms with Gasteiger partial charge in [-0.05, 0) is 105 Å². The number of hydrogen-bond donors (Lipinski definition) is 1. The fourth-order valence-corrected chi connectivity index (χ4v) is 5.63. The third-order valence-corrected chi connectivity index (χ3v) is 7.69. The maximum absolute atomic E-state index is 15.5. The van der Waals surface area contributed by atoms with E-state index in [0.717, 1.165) is 48.9 Å². The number of aliphatic carboxylic acids is 1. The molecule has 0 bridgehead atoms. The second kappa shape index (κ2) is 13.0. The van der Waals surface area contributed by atoms with Crippen molar-refractivity contribution in [2.24, 2.45) is 11.8 Å². The van der Waals surface area contributed by atoms with Crippen molar-refractivity contribution in [3.8, 4) is 5.75 Å². The molecule has 0 amide bonds. The zero-order valence-electron chi connectivity index (χ0n) is 21.4. The number of ether oxygens (including phenoxy) is 1. The Hall–Kier alpha value is -3.06. The van der Waals surface area contributed by atoms with Crippen LogP contribution >= 0.6 is 0 Å². The molecule has 1 aliphatic rings. The number of halogens is 2. The van der Waals surface area contributed by atoms with Gasteiger partial charge in [0.2, 0.25) is 0 Å². The molecule has 198 valence electrons. The smallest absolute Gasteiger partial charge is 0.303 e. The van der Waals surface area contributed by atoms with E-state index in [1.165, 1.54) is 6.07 Å². The number of alkyl halides is 1. The summed E-state index contributed by atoms with van der Waals surface area (Å²) in [6.07, 6.45) is 4.78. The lowest BCUT2D eigenvalue weighted by Gasteiger charge is -2.39. The number of aromatic nitrogens is 1. The largest absolute Gasteiger partial charge is 0.497 e. The van der Waals surface area contributed by atoms with Gasteiger partial charge in [-0.2, -0.15) is 0 Å². The van der Waals surface area contributed by atoms with Crippen molar-refractivity contribution in [1.29, 1.82) is 0 Å². The molecule has 1 fully saturated rings. The minimum Gasteiger partial charge on any atom is -0.497 e. The molecular formula is C30H36F2N2O3. The van der Waals surface area contributed by atoms with Crippen LogP contribution in [0, 0.1) is 17.7 Å². The van der Waals surface area contributed by atoms with Crippen LogP contribution in [-0.2, 0) is 11.2 Å². The summed E-state index contributed by atoms with van der Waals surface area (Å²) in [5.74, 6) is 0.200. The highest BCUT2D eigenvalue weighted by Gasteiger charge is 2.30. The lowest BCUT2D eigenvalue weighted by atomic mass is 9.79. The van der Waals surface area contributed by atoms with Crippen LogP contribution in [0.2, 0.25) is 0 Å². The van der Waals surface area contributed by atoms with Crippen molar-refractivity contribution >= 4 is 16.9 Å². The standard InChI is InChI=1S/C30H36F2N2O3/c1-37-24-10-12-29-26(19-24)25(14-16-33-29)28(32)11-8-21-15-18-34(20-23(21)9-13-30(35)36)17-4-6-22-5-2-3-7-27(22)31/h2-3,5,7,10,12,14,16,19,21,23,28H,4,6,8-9,11,13,15,17-18,20H2,1H3,(H,35,36)/t21-,23-,28-/m1/s1. The third-order valence-electron chi connectivity index (χ3n) is 7.69. The number of piperidine rings is 1. The summed E-state index contributed by atoms with van der Waals surface area (Å²) < 4.78 is 34.8. The number of hydrogen-bond acceptors (Lipinski definition) is 4. The minimum atomic E-state index is -1.13. The molecule has 1 aliphatic heterocycles. The van der Waals surface area contributed by atoms with E-state index in [4.69, 9.17) is 4.74 Å². The van der Waals surface area contributed by atoms with Crippen molar-refractivity contribution in [3.05, 3.63) is 71.7 Å². The summed E-state index contributed by atoms with van der Waals surface area (Å²) in [5, 5.41) is 10.0. The Morgan fingerprint density at radius 2 is 2.03 bits per heavy atom. The second-order valence-electron chi connectivity index (χ2n) is 10.1. The van der Waals surface area contributed by atoms with Crippen molar-refractivity contribution < 1.29 is 23.4 Å². The quantitative estimate of drug-likeness (QED) is 0.297. The van der Waals surface area contributed by atoms with Gasteiger partial charge in [0.15, 0.2) is 0 Å². The fraction of sp³-hybridized carbons (Fsp3) is 0.467. The first-order valence-electron chi connectivity index (χ1n) is 13.2. The molecule has 1 aromatic heterocycles. The summed E-state index contributed by atoms with van der Waals surface area (Å²) in [6.45, 7) is 2.56. The number of fused-ring (bicyclic) bond motifs is 1. The number of aryl methyl sites for hydroxylation is 1. The van der Waals surface area contributed by atoms with Gasteiger partial charge in [0, 0.05) is 24.5 Å². The highest BCUT2D eigenvalue weighted by molar-refractivity contribution is 5.83. The van der Waals surface area contributed by atoms with E-state index in [-0.39, 0.29) is 24.1 Å². The molecule has 37 heavy (non-hydrogen) atoms. The van der Waals surface area contributed by atoms with Gasteiger partial charge in [-0.15, -0.1) is 0 Å². The monoisotopic (exact) mass is 510 g/mol. The molecule has 0 radical (unpaired) electrons. The summed E-state index contributed by atoms with van der Waals surface area (Å²) >= 11 is 0. The maximum Gasteiger partial charge on any atom is 0.303 e. The van der Waals surface area contributed by atoms with Gasteiger partial charge in [0.25, 0.3) is 0 Å². The van der Waals surface area contributed by atoms with E-state index in [2.05, 4.69) is 9.88 Å². The van der Waals surface area contributed by atoms with Crippen molar-refractivity contribution in [1.82, 2.24) is 9.88 Å². The van der Waals surface area contributed by atoms with Crippen LogP contribution in [0.1, 0.15) is 55.8 Å². The molecular weight excluding hydrogens is 474 g/mol. The molecule has 0 aliphatic carbocycles. The molecule has 3 atom stereocenters. The zero-order chi connectivity index (χ0) is 26.2. The number of likely N-dealkylation sites (tertiary alicyclic amines) is 1.